The van der Waals surface area contributed by atoms with Crippen molar-refractivity contribution in [1.29, 1.82) is 0 Å². The molecule has 2 aromatic carbocycles. The van der Waals surface area contributed by atoms with Crippen LogP contribution >= 0.6 is 0 Å². The molecule has 30 heavy (non-hydrogen) atoms. The lowest BCUT2D eigenvalue weighted by Gasteiger charge is -2.33. The molecule has 4 aromatic rings. The summed E-state index contributed by atoms with van der Waals surface area (Å²) in [7, 11) is 14.3. The summed E-state index contributed by atoms with van der Waals surface area (Å²) in [4.78, 5) is 18.4. The molecule has 142 valence electrons. The quantitative estimate of drug-likeness (QED) is 0.504. The fraction of sp³-hybridized carbons (Fsp3) is 0.136. The molecule has 0 atom stereocenters. The maximum Gasteiger partial charge on any atom is 0.255 e. The van der Waals surface area contributed by atoms with Gasteiger partial charge in [0.2, 0.25) is 0 Å². The SMILES string of the molecule is [B]C1([B])c2ncccc2C(=O)N1Cc1ccc(-c2cc(F)cc3nn(C)cc23)cc1. The van der Waals surface area contributed by atoms with Crippen molar-refractivity contribution in [2.45, 2.75) is 11.9 Å². The zero-order valence-corrected chi connectivity index (χ0v) is 16.2. The third-order valence-electron chi connectivity index (χ3n) is 5.42. The number of nitrogens with zero attached hydrogens (tertiary/aromatic N) is 4. The molecule has 1 aliphatic rings. The lowest BCUT2D eigenvalue weighted by Crippen LogP contribution is -2.44. The van der Waals surface area contributed by atoms with E-state index in [2.05, 4.69) is 10.1 Å². The molecule has 0 saturated carbocycles. The van der Waals surface area contributed by atoms with E-state index in [-0.39, 0.29) is 18.3 Å². The van der Waals surface area contributed by atoms with E-state index in [1.807, 2.05) is 30.5 Å². The third-order valence-corrected chi connectivity index (χ3v) is 5.42. The molecule has 8 heteroatoms. The van der Waals surface area contributed by atoms with Crippen LogP contribution in [0.4, 0.5) is 4.39 Å². The maximum atomic E-state index is 14.1. The first-order chi connectivity index (χ1) is 14.3. The smallest absolute Gasteiger partial charge is 0.255 e. The molecule has 0 saturated heterocycles. The van der Waals surface area contributed by atoms with Crippen molar-refractivity contribution in [2.75, 3.05) is 0 Å². The Hall–Kier alpha value is -3.41. The van der Waals surface area contributed by atoms with E-state index in [1.165, 1.54) is 17.0 Å². The summed E-state index contributed by atoms with van der Waals surface area (Å²) in [5, 5.41) is 3.68. The summed E-state index contributed by atoms with van der Waals surface area (Å²) < 4.78 is 15.7. The number of pyridine rings is 1. The molecule has 1 amide bonds. The van der Waals surface area contributed by atoms with Crippen LogP contribution in [0.25, 0.3) is 22.0 Å². The lowest BCUT2D eigenvalue weighted by molar-refractivity contribution is 0.0731. The average Bonchev–Trinajstić information content (AvgIpc) is 3.18. The summed E-state index contributed by atoms with van der Waals surface area (Å²) in [6.45, 7) is 0.230. The van der Waals surface area contributed by atoms with Crippen molar-refractivity contribution >= 4 is 32.5 Å². The summed E-state index contributed by atoms with van der Waals surface area (Å²) in [6.07, 6.45) is 3.43. The molecule has 0 N–H and O–H groups in total. The van der Waals surface area contributed by atoms with Gasteiger partial charge < -0.3 is 4.90 Å². The molecule has 3 heterocycles. The Kier molecular flexibility index (Phi) is 4.07. The predicted molar refractivity (Wildman–Crippen MR) is 113 cm³/mol. The molecule has 5 rings (SSSR count). The van der Waals surface area contributed by atoms with E-state index in [9.17, 15) is 9.18 Å². The number of aryl methyl sites for hydroxylation is 1. The molecule has 0 bridgehead atoms. The van der Waals surface area contributed by atoms with Crippen LogP contribution in [0.2, 0.25) is 0 Å². The molecule has 0 unspecified atom stereocenters. The molecule has 1 aliphatic heterocycles. The van der Waals surface area contributed by atoms with Crippen LogP contribution in [-0.4, -0.2) is 41.3 Å². The summed E-state index contributed by atoms with van der Waals surface area (Å²) >= 11 is 0. The third kappa shape index (κ3) is 2.83. The number of benzene rings is 2. The van der Waals surface area contributed by atoms with Crippen molar-refractivity contribution in [1.82, 2.24) is 19.7 Å². The van der Waals surface area contributed by atoms with E-state index < -0.39 is 5.34 Å². The van der Waals surface area contributed by atoms with E-state index in [4.69, 9.17) is 15.7 Å². The fourth-order valence-electron chi connectivity index (χ4n) is 3.96. The van der Waals surface area contributed by atoms with Crippen molar-refractivity contribution < 1.29 is 9.18 Å². The van der Waals surface area contributed by atoms with Crippen molar-refractivity contribution in [3.63, 3.8) is 0 Å². The van der Waals surface area contributed by atoms with Gasteiger partial charge in [-0.2, -0.15) is 5.10 Å². The minimum atomic E-state index is -1.48. The van der Waals surface area contributed by atoms with Crippen LogP contribution in [0.1, 0.15) is 21.6 Å². The number of halogens is 1. The molecule has 5 nitrogen and oxygen atoms in total. The van der Waals surface area contributed by atoms with Crippen LogP contribution in [0, 0.1) is 5.82 Å². The van der Waals surface area contributed by atoms with Gasteiger partial charge in [0.25, 0.3) is 5.91 Å². The van der Waals surface area contributed by atoms with Gasteiger partial charge in [-0.3, -0.25) is 14.5 Å². The highest BCUT2D eigenvalue weighted by Crippen LogP contribution is 2.35. The Morgan fingerprint density at radius 3 is 2.60 bits per heavy atom. The minimum absolute atomic E-state index is 0.230. The van der Waals surface area contributed by atoms with Gasteiger partial charge in [0.15, 0.2) is 0 Å². The number of carbonyl (C=O) groups is 1. The number of rotatable bonds is 3. The summed E-state index contributed by atoms with van der Waals surface area (Å²) in [5.41, 5.74) is 3.83. The number of hydrogen-bond donors (Lipinski definition) is 0. The molecular formula is C22H15B2FN4O. The van der Waals surface area contributed by atoms with Crippen molar-refractivity contribution in [3.8, 4) is 11.1 Å². The zero-order valence-electron chi connectivity index (χ0n) is 16.2. The highest BCUT2D eigenvalue weighted by molar-refractivity contribution is 6.42. The average molecular weight is 392 g/mol. The second-order valence-corrected chi connectivity index (χ2v) is 7.50. The number of carbonyl (C=O) groups excluding carboxylic acids is 1. The van der Waals surface area contributed by atoms with Gasteiger partial charge in [0.05, 0.1) is 32.5 Å². The molecular weight excluding hydrogens is 377 g/mol. The number of amides is 1. The first-order valence-electron chi connectivity index (χ1n) is 9.42. The molecule has 2 aromatic heterocycles. The Bertz CT molecular complexity index is 1300. The number of hydrogen-bond acceptors (Lipinski definition) is 3. The standard InChI is InChI=1S/C22H15B2FN4O/c1-28-12-18-17(9-15(25)10-19(18)27-28)14-6-4-13(5-7-14)11-29-21(30)16-3-2-8-26-20(16)22(29,23)24/h2-10,12H,11H2,1H3. The second-order valence-electron chi connectivity index (χ2n) is 7.50. The van der Waals surface area contributed by atoms with Gasteiger partial charge in [-0.05, 0) is 34.9 Å². The first-order valence-corrected chi connectivity index (χ1v) is 9.42. The van der Waals surface area contributed by atoms with E-state index >= 15 is 0 Å². The summed E-state index contributed by atoms with van der Waals surface area (Å²) in [5.74, 6) is -0.598. The normalized spacial score (nSPS) is 15.0. The van der Waals surface area contributed by atoms with Gasteiger partial charge in [-0.1, -0.05) is 24.3 Å². The fourth-order valence-corrected chi connectivity index (χ4v) is 3.96. The van der Waals surface area contributed by atoms with Crippen LogP contribution in [0.5, 0.6) is 0 Å². The van der Waals surface area contributed by atoms with Crippen LogP contribution < -0.4 is 0 Å². The van der Waals surface area contributed by atoms with Gasteiger partial charge in [-0.15, -0.1) is 0 Å². The van der Waals surface area contributed by atoms with Gasteiger partial charge in [0.1, 0.15) is 5.82 Å². The van der Waals surface area contributed by atoms with Crippen LogP contribution in [0.15, 0.2) is 60.9 Å². The maximum absolute atomic E-state index is 14.1. The Balaban J connectivity index is 1.47. The summed E-state index contributed by atoms with van der Waals surface area (Å²) in [6, 6.07) is 13.8. The topological polar surface area (TPSA) is 51.0 Å². The predicted octanol–water partition coefficient (Wildman–Crippen LogP) is 2.88. The van der Waals surface area contributed by atoms with Gasteiger partial charge in [0, 0.05) is 42.8 Å². The van der Waals surface area contributed by atoms with Crippen molar-refractivity contribution in [2.24, 2.45) is 7.05 Å². The lowest BCUT2D eigenvalue weighted by atomic mass is 9.59. The zero-order chi connectivity index (χ0) is 21.0. The Labute approximate surface area is 175 Å². The molecule has 0 fully saturated rings. The Morgan fingerprint density at radius 1 is 1.10 bits per heavy atom. The van der Waals surface area contributed by atoms with E-state index in [1.54, 1.807) is 30.1 Å². The van der Waals surface area contributed by atoms with Gasteiger partial charge in [-0.25, -0.2) is 4.39 Å². The van der Waals surface area contributed by atoms with Crippen LogP contribution in [-0.2, 0) is 18.9 Å². The Morgan fingerprint density at radius 2 is 1.87 bits per heavy atom. The highest BCUT2D eigenvalue weighted by Gasteiger charge is 2.42. The van der Waals surface area contributed by atoms with E-state index in [0.29, 0.717) is 16.8 Å². The van der Waals surface area contributed by atoms with E-state index in [0.717, 1.165) is 22.1 Å². The number of fused-ring (bicyclic) bond motifs is 2. The van der Waals surface area contributed by atoms with Gasteiger partial charge >= 0.3 is 0 Å². The monoisotopic (exact) mass is 392 g/mol. The molecule has 0 aliphatic carbocycles. The number of aromatic nitrogens is 3. The first kappa shape index (κ1) is 18.6. The highest BCUT2D eigenvalue weighted by atomic mass is 19.1. The minimum Gasteiger partial charge on any atom is -0.340 e. The largest absolute Gasteiger partial charge is 0.340 e. The molecule has 0 spiro atoms. The second kappa shape index (κ2) is 6.55. The van der Waals surface area contributed by atoms with Crippen LogP contribution in [0.3, 0.4) is 0 Å². The van der Waals surface area contributed by atoms with Crippen molar-refractivity contribution in [3.05, 3.63) is 83.6 Å². The molecule has 4 radical (unpaired) electrons.